The average Bonchev–Trinajstić information content (AvgIpc) is 2.32. The standard InChI is InChI=1S/C12H10.H4N2O/c1-3-7-11(8-4-1)12-9-5-2-6-10-12;1-3-2/h1-10H;1-2H2. The SMILES string of the molecule is NON.c1ccc(-c2ccccc2)cc1. The van der Waals surface area contributed by atoms with Crippen molar-refractivity contribution >= 4 is 0 Å². The summed E-state index contributed by atoms with van der Waals surface area (Å²) in [5.74, 6) is 8.25. The van der Waals surface area contributed by atoms with E-state index in [1.54, 1.807) is 0 Å². The van der Waals surface area contributed by atoms with Gasteiger partial charge in [-0.2, -0.15) is 11.8 Å². The fourth-order valence-electron chi connectivity index (χ4n) is 1.26. The van der Waals surface area contributed by atoms with Crippen LogP contribution >= 0.6 is 0 Å². The highest BCUT2D eigenvalue weighted by Gasteiger charge is 1.91. The highest BCUT2D eigenvalue weighted by molar-refractivity contribution is 5.62. The number of hydrogen-bond donors (Lipinski definition) is 2. The van der Waals surface area contributed by atoms with Crippen LogP contribution in [-0.4, -0.2) is 0 Å². The van der Waals surface area contributed by atoms with Crippen LogP contribution in [0.2, 0.25) is 0 Å². The van der Waals surface area contributed by atoms with Crippen molar-refractivity contribution in [1.29, 1.82) is 0 Å². The lowest BCUT2D eigenvalue weighted by Gasteiger charge is -1.98. The summed E-state index contributed by atoms with van der Waals surface area (Å²) < 4.78 is 0. The fraction of sp³-hybridized carbons (Fsp3) is 0. The third kappa shape index (κ3) is 3.91. The molecule has 0 atom stereocenters. The van der Waals surface area contributed by atoms with E-state index < -0.39 is 0 Å². The molecule has 15 heavy (non-hydrogen) atoms. The lowest BCUT2D eigenvalue weighted by molar-refractivity contribution is 0.142. The van der Waals surface area contributed by atoms with Gasteiger partial charge < -0.3 is 0 Å². The molecular weight excluding hydrogens is 188 g/mol. The van der Waals surface area contributed by atoms with Gasteiger partial charge in [-0.1, -0.05) is 60.7 Å². The highest BCUT2D eigenvalue weighted by atomic mass is 16.7. The van der Waals surface area contributed by atoms with Crippen LogP contribution in [-0.2, 0) is 4.94 Å². The molecule has 0 saturated carbocycles. The van der Waals surface area contributed by atoms with Gasteiger partial charge in [-0.05, 0) is 11.1 Å². The quantitative estimate of drug-likeness (QED) is 0.696. The van der Waals surface area contributed by atoms with Crippen LogP contribution in [0.15, 0.2) is 60.7 Å². The number of benzene rings is 2. The summed E-state index contributed by atoms with van der Waals surface area (Å²) in [6.45, 7) is 0. The van der Waals surface area contributed by atoms with Crippen LogP contribution < -0.4 is 11.8 Å². The topological polar surface area (TPSA) is 61.3 Å². The van der Waals surface area contributed by atoms with Crippen LogP contribution in [0.4, 0.5) is 0 Å². The van der Waals surface area contributed by atoms with Crippen molar-refractivity contribution in [2.45, 2.75) is 0 Å². The van der Waals surface area contributed by atoms with Gasteiger partial charge in [-0.15, -0.1) is 0 Å². The van der Waals surface area contributed by atoms with Crippen molar-refractivity contribution in [2.75, 3.05) is 0 Å². The van der Waals surface area contributed by atoms with Crippen LogP contribution in [0.3, 0.4) is 0 Å². The molecule has 4 N–H and O–H groups in total. The van der Waals surface area contributed by atoms with Gasteiger partial charge >= 0.3 is 0 Å². The molecule has 0 bridgehead atoms. The summed E-state index contributed by atoms with van der Waals surface area (Å²) in [4.78, 5) is 3.25. The van der Waals surface area contributed by atoms with Gasteiger partial charge in [0.1, 0.15) is 0 Å². The van der Waals surface area contributed by atoms with Crippen molar-refractivity contribution in [1.82, 2.24) is 0 Å². The van der Waals surface area contributed by atoms with Gasteiger partial charge in [0, 0.05) is 0 Å². The molecule has 0 amide bonds. The Morgan fingerprint density at radius 2 is 0.867 bits per heavy atom. The molecule has 0 fully saturated rings. The Balaban J connectivity index is 0.000000337. The molecule has 0 saturated heterocycles. The van der Waals surface area contributed by atoms with Crippen LogP contribution in [0.1, 0.15) is 0 Å². The van der Waals surface area contributed by atoms with Crippen LogP contribution in [0.25, 0.3) is 11.1 Å². The molecule has 2 aromatic carbocycles. The average molecular weight is 202 g/mol. The molecule has 0 aliphatic carbocycles. The van der Waals surface area contributed by atoms with Crippen LogP contribution in [0.5, 0.6) is 0 Å². The monoisotopic (exact) mass is 202 g/mol. The van der Waals surface area contributed by atoms with Crippen molar-refractivity contribution in [3.63, 3.8) is 0 Å². The van der Waals surface area contributed by atoms with Crippen molar-refractivity contribution in [3.05, 3.63) is 60.7 Å². The first kappa shape index (κ1) is 11.4. The molecule has 0 unspecified atom stereocenters. The summed E-state index contributed by atoms with van der Waals surface area (Å²) in [7, 11) is 0. The molecule has 3 heteroatoms. The fourth-order valence-corrected chi connectivity index (χ4v) is 1.26. The molecule has 2 rings (SSSR count). The Bertz CT molecular complexity index is 324. The van der Waals surface area contributed by atoms with Gasteiger partial charge in [0.15, 0.2) is 0 Å². The van der Waals surface area contributed by atoms with Gasteiger partial charge in [-0.3, -0.25) is 0 Å². The Morgan fingerprint density at radius 3 is 1.13 bits per heavy atom. The zero-order chi connectivity index (χ0) is 10.9. The van der Waals surface area contributed by atoms with Gasteiger partial charge in [0.05, 0.1) is 0 Å². The highest BCUT2D eigenvalue weighted by Crippen LogP contribution is 2.17. The molecule has 2 aromatic rings. The number of hydrogen-bond acceptors (Lipinski definition) is 3. The second kappa shape index (κ2) is 6.73. The van der Waals surface area contributed by atoms with Gasteiger partial charge in [0.2, 0.25) is 0 Å². The minimum absolute atomic E-state index is 1.28. The van der Waals surface area contributed by atoms with E-state index in [4.69, 9.17) is 0 Å². The van der Waals surface area contributed by atoms with Gasteiger partial charge in [-0.25, -0.2) is 4.94 Å². The van der Waals surface area contributed by atoms with Crippen molar-refractivity contribution in [2.24, 2.45) is 11.8 Å². The van der Waals surface area contributed by atoms with Crippen LogP contribution in [0, 0.1) is 0 Å². The van der Waals surface area contributed by atoms with E-state index in [2.05, 4.69) is 65.3 Å². The normalized spacial score (nSPS) is 8.93. The van der Waals surface area contributed by atoms with E-state index in [-0.39, 0.29) is 0 Å². The summed E-state index contributed by atoms with van der Waals surface area (Å²) in [5, 5.41) is 0. The lowest BCUT2D eigenvalue weighted by atomic mass is 10.1. The zero-order valence-electron chi connectivity index (χ0n) is 8.34. The number of nitrogens with two attached hydrogens (primary N) is 2. The third-order valence-corrected chi connectivity index (χ3v) is 1.88. The molecule has 3 nitrogen and oxygen atoms in total. The lowest BCUT2D eigenvalue weighted by Crippen LogP contribution is -2.03. The minimum Gasteiger partial charge on any atom is -0.220 e. The number of rotatable bonds is 1. The molecule has 0 heterocycles. The maximum absolute atomic E-state index is 4.12. The molecular formula is C12H14N2O. The smallest absolute Gasteiger partial charge is 0.0184 e. The molecule has 0 aliphatic rings. The van der Waals surface area contributed by atoms with E-state index in [9.17, 15) is 0 Å². The maximum Gasteiger partial charge on any atom is -0.0184 e. The Labute approximate surface area is 89.2 Å². The summed E-state index contributed by atoms with van der Waals surface area (Å²) in [6.07, 6.45) is 0. The first-order chi connectivity index (χ1) is 7.38. The van der Waals surface area contributed by atoms with Gasteiger partial charge in [0.25, 0.3) is 0 Å². The second-order valence-corrected chi connectivity index (χ2v) is 2.87. The van der Waals surface area contributed by atoms with E-state index >= 15 is 0 Å². The van der Waals surface area contributed by atoms with E-state index in [0.717, 1.165) is 0 Å². The maximum atomic E-state index is 4.12. The summed E-state index contributed by atoms with van der Waals surface area (Å²) in [5.41, 5.74) is 2.55. The summed E-state index contributed by atoms with van der Waals surface area (Å²) in [6, 6.07) is 20.8. The Morgan fingerprint density at radius 1 is 0.600 bits per heavy atom. The first-order valence-corrected chi connectivity index (χ1v) is 4.54. The van der Waals surface area contributed by atoms with E-state index in [1.165, 1.54) is 11.1 Å². The van der Waals surface area contributed by atoms with E-state index in [0.29, 0.717) is 0 Å². The third-order valence-electron chi connectivity index (χ3n) is 1.88. The van der Waals surface area contributed by atoms with Crippen molar-refractivity contribution in [3.8, 4) is 11.1 Å². The van der Waals surface area contributed by atoms with E-state index in [1.807, 2.05) is 12.1 Å². The molecule has 0 radical (unpaired) electrons. The summed E-state index contributed by atoms with van der Waals surface area (Å²) >= 11 is 0. The predicted octanol–water partition coefficient (Wildman–Crippen LogP) is 2.10. The molecule has 78 valence electrons. The van der Waals surface area contributed by atoms with Crippen molar-refractivity contribution < 1.29 is 4.94 Å². The first-order valence-electron chi connectivity index (χ1n) is 4.54. The minimum atomic E-state index is 1.28. The second-order valence-electron chi connectivity index (χ2n) is 2.87. The Hall–Kier alpha value is -1.68. The molecule has 0 spiro atoms. The molecule has 0 aliphatic heterocycles. The Kier molecular flexibility index (Phi) is 5.11. The largest absolute Gasteiger partial charge is 0.220 e. The predicted molar refractivity (Wildman–Crippen MR) is 61.3 cm³/mol. The molecule has 0 aromatic heterocycles. The zero-order valence-corrected chi connectivity index (χ0v) is 8.34.